The van der Waals surface area contributed by atoms with Gasteiger partial charge in [0.05, 0.1) is 0 Å². The first kappa shape index (κ1) is 18.5. The molecule has 0 amide bonds. The Balaban J connectivity index is 2.75. The normalized spacial score (nSPS) is 12.2. The van der Waals surface area contributed by atoms with Crippen LogP contribution in [0, 0.1) is 0 Å². The summed E-state index contributed by atoms with van der Waals surface area (Å²) < 4.78 is 12.9. The topological polar surface area (TPSA) is 18.5 Å². The average molecular weight is 369 g/mol. The summed E-state index contributed by atoms with van der Waals surface area (Å²) in [6.07, 6.45) is -0.0408. The van der Waals surface area contributed by atoms with Gasteiger partial charge in [0, 0.05) is 32.6 Å². The van der Waals surface area contributed by atoms with Crippen LogP contribution in [0.5, 0.6) is 0 Å². The summed E-state index contributed by atoms with van der Waals surface area (Å²) in [7, 11) is -3.03. The molecule has 0 aliphatic rings. The zero-order valence-corrected chi connectivity index (χ0v) is 16.4. The third-order valence-corrected chi connectivity index (χ3v) is 8.13. The minimum absolute atomic E-state index is 0.0204. The van der Waals surface area contributed by atoms with Crippen molar-refractivity contribution >= 4 is 42.1 Å². The van der Waals surface area contributed by atoms with Gasteiger partial charge in [-0.2, -0.15) is 0 Å². The first-order valence-electron chi connectivity index (χ1n) is 7.72. The smallest absolute Gasteiger partial charge is 0.385 e. The molecule has 23 heavy (non-hydrogen) atoms. The van der Waals surface area contributed by atoms with Gasteiger partial charge < -0.3 is 8.85 Å². The highest BCUT2D eigenvalue weighted by molar-refractivity contribution is 6.95. The van der Waals surface area contributed by atoms with E-state index in [1.165, 1.54) is 0 Å². The van der Waals surface area contributed by atoms with E-state index in [0.29, 0.717) is 10.0 Å². The lowest BCUT2D eigenvalue weighted by Gasteiger charge is -2.35. The van der Waals surface area contributed by atoms with Crippen molar-refractivity contribution < 1.29 is 8.85 Å². The number of hydrogen-bond donors (Lipinski definition) is 0. The predicted octanol–water partition coefficient (Wildman–Crippen LogP) is 4.40. The molecule has 0 atom stereocenters. The van der Waals surface area contributed by atoms with Gasteiger partial charge in [0.25, 0.3) is 0 Å². The maximum absolute atomic E-state index is 6.51. The highest BCUT2D eigenvalue weighted by Gasteiger charge is 2.47. The minimum atomic E-state index is -3.03. The molecule has 0 fully saturated rings. The fraction of sp³-hybridized carbons (Fsp3) is 0.333. The SMILES string of the molecule is CC(C)O[Si](OC(C)C)(c1ccccc1Cl)c1ccccc1Cl. The Hall–Kier alpha value is -0.843. The molecule has 2 rings (SSSR count). The Morgan fingerprint density at radius 1 is 0.696 bits per heavy atom. The van der Waals surface area contributed by atoms with E-state index in [9.17, 15) is 0 Å². The van der Waals surface area contributed by atoms with Crippen LogP contribution in [0.15, 0.2) is 48.5 Å². The molecule has 0 N–H and O–H groups in total. The van der Waals surface area contributed by atoms with Crippen molar-refractivity contribution in [1.29, 1.82) is 0 Å². The summed E-state index contributed by atoms with van der Waals surface area (Å²) in [6.45, 7) is 8.00. The van der Waals surface area contributed by atoms with Gasteiger partial charge >= 0.3 is 8.56 Å². The lowest BCUT2D eigenvalue weighted by atomic mass is 10.4. The quantitative estimate of drug-likeness (QED) is 0.703. The summed E-state index contributed by atoms with van der Waals surface area (Å²) in [5, 5.41) is 3.05. The Labute approximate surface area is 149 Å². The van der Waals surface area contributed by atoms with Gasteiger partial charge in [0.15, 0.2) is 0 Å². The van der Waals surface area contributed by atoms with Crippen LogP contribution in [0.2, 0.25) is 10.0 Å². The zero-order chi connectivity index (χ0) is 17.0. The van der Waals surface area contributed by atoms with E-state index in [2.05, 4.69) is 0 Å². The van der Waals surface area contributed by atoms with Crippen molar-refractivity contribution in [2.75, 3.05) is 0 Å². The second kappa shape index (κ2) is 7.82. The molecular formula is C18H22Cl2O2Si. The van der Waals surface area contributed by atoms with Crippen molar-refractivity contribution in [3.05, 3.63) is 58.6 Å². The lowest BCUT2D eigenvalue weighted by molar-refractivity contribution is 0.125. The zero-order valence-electron chi connectivity index (χ0n) is 13.8. The Bertz CT molecular complexity index is 601. The summed E-state index contributed by atoms with van der Waals surface area (Å²) in [5.74, 6) is 0. The van der Waals surface area contributed by atoms with Crippen LogP contribution in [-0.2, 0) is 8.85 Å². The van der Waals surface area contributed by atoms with Gasteiger partial charge in [0.1, 0.15) is 0 Å². The van der Waals surface area contributed by atoms with Gasteiger partial charge in [-0.3, -0.25) is 0 Å². The molecule has 5 heteroatoms. The average Bonchev–Trinajstić information content (AvgIpc) is 2.46. The third-order valence-electron chi connectivity index (χ3n) is 3.26. The van der Waals surface area contributed by atoms with Crippen molar-refractivity contribution in [3.8, 4) is 0 Å². The molecule has 0 aliphatic heterocycles. The van der Waals surface area contributed by atoms with Gasteiger partial charge in [-0.25, -0.2) is 0 Å². The van der Waals surface area contributed by atoms with E-state index in [1.807, 2.05) is 76.2 Å². The van der Waals surface area contributed by atoms with Crippen molar-refractivity contribution in [2.45, 2.75) is 39.9 Å². The molecule has 0 aliphatic carbocycles. The van der Waals surface area contributed by atoms with E-state index < -0.39 is 8.56 Å². The molecule has 0 radical (unpaired) electrons. The fourth-order valence-corrected chi connectivity index (χ4v) is 7.17. The summed E-state index contributed by atoms with van der Waals surface area (Å²) >= 11 is 13.0. The van der Waals surface area contributed by atoms with Crippen LogP contribution in [-0.4, -0.2) is 20.8 Å². The van der Waals surface area contributed by atoms with Gasteiger partial charge in [-0.1, -0.05) is 59.6 Å². The molecule has 0 saturated heterocycles. The monoisotopic (exact) mass is 368 g/mol. The molecule has 0 unspecified atom stereocenters. The first-order valence-corrected chi connectivity index (χ1v) is 10.3. The van der Waals surface area contributed by atoms with Crippen molar-refractivity contribution in [2.24, 2.45) is 0 Å². The second-order valence-corrected chi connectivity index (χ2v) is 9.51. The molecular weight excluding hydrogens is 347 g/mol. The molecule has 2 nitrogen and oxygen atoms in total. The van der Waals surface area contributed by atoms with Crippen LogP contribution < -0.4 is 10.4 Å². The first-order chi connectivity index (χ1) is 10.9. The lowest BCUT2D eigenvalue weighted by Crippen LogP contribution is -2.65. The number of halogens is 2. The van der Waals surface area contributed by atoms with Crippen LogP contribution in [0.1, 0.15) is 27.7 Å². The molecule has 0 spiro atoms. The van der Waals surface area contributed by atoms with E-state index in [1.54, 1.807) is 0 Å². The van der Waals surface area contributed by atoms with Crippen molar-refractivity contribution in [3.63, 3.8) is 0 Å². The molecule has 0 bridgehead atoms. The Kier molecular flexibility index (Phi) is 6.29. The Morgan fingerprint density at radius 2 is 1.04 bits per heavy atom. The van der Waals surface area contributed by atoms with Crippen LogP contribution >= 0.6 is 23.2 Å². The summed E-state index contributed by atoms with van der Waals surface area (Å²) in [5.41, 5.74) is 0. The molecule has 124 valence electrons. The maximum atomic E-state index is 6.51. The van der Waals surface area contributed by atoms with Crippen LogP contribution in [0.4, 0.5) is 0 Å². The highest BCUT2D eigenvalue weighted by atomic mass is 35.5. The largest absolute Gasteiger partial charge is 0.410 e. The second-order valence-electron chi connectivity index (χ2n) is 5.91. The predicted molar refractivity (Wildman–Crippen MR) is 100 cm³/mol. The number of rotatable bonds is 6. The fourth-order valence-electron chi connectivity index (χ4n) is 2.55. The third kappa shape index (κ3) is 4.17. The van der Waals surface area contributed by atoms with E-state index in [-0.39, 0.29) is 12.2 Å². The highest BCUT2D eigenvalue weighted by Crippen LogP contribution is 2.22. The van der Waals surface area contributed by atoms with Crippen LogP contribution in [0.3, 0.4) is 0 Å². The molecule has 2 aromatic rings. The number of benzene rings is 2. The van der Waals surface area contributed by atoms with Gasteiger partial charge in [0.2, 0.25) is 0 Å². The standard InChI is InChI=1S/C18H22Cl2O2Si/c1-13(2)21-23(22-14(3)4,17-11-7-5-9-15(17)19)18-12-8-6-10-16(18)20/h5-14H,1-4H3. The molecule has 0 aromatic heterocycles. The van der Waals surface area contributed by atoms with Gasteiger partial charge in [-0.05, 0) is 39.8 Å². The van der Waals surface area contributed by atoms with E-state index in [4.69, 9.17) is 32.1 Å². The van der Waals surface area contributed by atoms with Crippen molar-refractivity contribution in [1.82, 2.24) is 0 Å². The van der Waals surface area contributed by atoms with E-state index >= 15 is 0 Å². The van der Waals surface area contributed by atoms with Crippen LogP contribution in [0.25, 0.3) is 0 Å². The molecule has 0 heterocycles. The minimum Gasteiger partial charge on any atom is -0.385 e. The molecule has 0 saturated carbocycles. The Morgan fingerprint density at radius 3 is 1.35 bits per heavy atom. The van der Waals surface area contributed by atoms with Gasteiger partial charge in [-0.15, -0.1) is 0 Å². The van der Waals surface area contributed by atoms with E-state index in [0.717, 1.165) is 10.4 Å². The molecule has 2 aromatic carbocycles. The maximum Gasteiger partial charge on any atom is 0.410 e. The number of hydrogen-bond acceptors (Lipinski definition) is 2. The summed E-state index contributed by atoms with van der Waals surface area (Å²) in [6, 6.07) is 15.4. The summed E-state index contributed by atoms with van der Waals surface area (Å²) in [4.78, 5) is 0.